The number of halogens is 1. The average molecular weight is 375 g/mol. The van der Waals surface area contributed by atoms with Gasteiger partial charge in [-0.1, -0.05) is 23.7 Å². The predicted octanol–water partition coefficient (Wildman–Crippen LogP) is 3.64. The lowest BCUT2D eigenvalue weighted by molar-refractivity contribution is -0.112. The summed E-state index contributed by atoms with van der Waals surface area (Å²) in [4.78, 5) is 29.0. The molecule has 0 spiro atoms. The van der Waals surface area contributed by atoms with Crippen LogP contribution in [0.2, 0.25) is 5.02 Å². The highest BCUT2D eigenvalue weighted by Crippen LogP contribution is 2.26. The Kier molecular flexibility index (Phi) is 4.69. The Bertz CT molecular complexity index is 960. The van der Waals surface area contributed by atoms with E-state index in [4.69, 9.17) is 11.6 Å². The van der Waals surface area contributed by atoms with Crippen LogP contribution in [0.1, 0.15) is 21.7 Å². The number of aromatic nitrogens is 3. The summed E-state index contributed by atoms with van der Waals surface area (Å²) < 4.78 is 1.58. The topological polar surface area (TPSA) is 76.9 Å². The van der Waals surface area contributed by atoms with Crippen LogP contribution in [-0.2, 0) is 11.8 Å². The maximum Gasteiger partial charge on any atom is 0.298 e. The third-order valence-electron chi connectivity index (χ3n) is 3.81. The van der Waals surface area contributed by atoms with Crippen molar-refractivity contribution in [1.29, 1.82) is 0 Å². The molecule has 0 unspecified atom stereocenters. The van der Waals surface area contributed by atoms with Crippen molar-refractivity contribution in [2.24, 2.45) is 7.05 Å². The van der Waals surface area contributed by atoms with E-state index in [1.54, 1.807) is 37.7 Å². The molecule has 0 aliphatic rings. The van der Waals surface area contributed by atoms with E-state index in [-0.39, 0.29) is 0 Å². The van der Waals surface area contributed by atoms with Crippen LogP contribution in [0.5, 0.6) is 0 Å². The van der Waals surface area contributed by atoms with Gasteiger partial charge in [-0.05, 0) is 26.0 Å². The van der Waals surface area contributed by atoms with Crippen molar-refractivity contribution in [3.8, 4) is 11.3 Å². The van der Waals surface area contributed by atoms with Crippen LogP contribution in [0.15, 0.2) is 29.6 Å². The fraction of sp³-hybridized carbons (Fsp3) is 0.176. The van der Waals surface area contributed by atoms with Gasteiger partial charge in [-0.3, -0.25) is 19.6 Å². The molecule has 3 aromatic rings. The number of nitrogens with zero attached hydrogens (tertiary/aromatic N) is 3. The van der Waals surface area contributed by atoms with Gasteiger partial charge in [0.2, 0.25) is 0 Å². The van der Waals surface area contributed by atoms with Crippen molar-refractivity contribution in [2.45, 2.75) is 13.8 Å². The first-order chi connectivity index (χ1) is 11.9. The zero-order chi connectivity index (χ0) is 18.1. The van der Waals surface area contributed by atoms with Crippen molar-refractivity contribution in [2.75, 3.05) is 5.32 Å². The molecule has 0 saturated carbocycles. The molecule has 1 N–H and O–H groups in total. The summed E-state index contributed by atoms with van der Waals surface area (Å²) >= 11 is 7.13. The summed E-state index contributed by atoms with van der Waals surface area (Å²) in [6, 6.07) is 7.23. The van der Waals surface area contributed by atoms with Crippen molar-refractivity contribution < 1.29 is 9.59 Å². The molecule has 6 nitrogen and oxygen atoms in total. The lowest BCUT2D eigenvalue weighted by Gasteiger charge is -2.02. The molecule has 0 saturated heterocycles. The van der Waals surface area contributed by atoms with Gasteiger partial charge in [0.05, 0.1) is 17.0 Å². The molecule has 2 heterocycles. The molecule has 8 heteroatoms. The Morgan fingerprint density at radius 3 is 2.48 bits per heavy atom. The molecule has 0 fully saturated rings. The van der Waals surface area contributed by atoms with Gasteiger partial charge < -0.3 is 0 Å². The van der Waals surface area contributed by atoms with Gasteiger partial charge in [-0.15, -0.1) is 11.3 Å². The normalized spacial score (nSPS) is 10.7. The number of carbonyl (C=O) groups excluding carboxylic acids is 2. The summed E-state index contributed by atoms with van der Waals surface area (Å²) in [5, 5.41) is 9.54. The number of ketones is 1. The molecular formula is C17H15ClN4O2S. The standard InChI is InChI=1S/C17H15ClN4O2S/c1-9-14(10(2)22(3)21-9)15(23)16(24)20-17-19-13(8-25-17)11-4-6-12(18)7-5-11/h4-8H,1-3H3,(H,19,20,24). The molecule has 0 bridgehead atoms. The number of Topliss-reactive ketones (excluding diaryl/α,β-unsaturated/α-hetero) is 1. The van der Waals surface area contributed by atoms with E-state index in [0.29, 0.717) is 32.8 Å². The van der Waals surface area contributed by atoms with Gasteiger partial charge in [-0.25, -0.2) is 4.98 Å². The number of hydrogen-bond acceptors (Lipinski definition) is 5. The molecular weight excluding hydrogens is 360 g/mol. The molecule has 0 atom stereocenters. The Balaban J connectivity index is 1.77. The number of carbonyl (C=O) groups is 2. The van der Waals surface area contributed by atoms with Gasteiger partial charge in [0.15, 0.2) is 5.13 Å². The van der Waals surface area contributed by atoms with Gasteiger partial charge in [0.1, 0.15) is 0 Å². The fourth-order valence-corrected chi connectivity index (χ4v) is 3.29. The number of hydrogen-bond donors (Lipinski definition) is 1. The van der Waals surface area contributed by atoms with Gasteiger partial charge in [-0.2, -0.15) is 5.10 Å². The second kappa shape index (κ2) is 6.78. The Morgan fingerprint density at radius 2 is 1.88 bits per heavy atom. The largest absolute Gasteiger partial charge is 0.298 e. The summed E-state index contributed by atoms with van der Waals surface area (Å²) in [7, 11) is 1.73. The van der Waals surface area contributed by atoms with Crippen LogP contribution in [0, 0.1) is 13.8 Å². The van der Waals surface area contributed by atoms with Crippen molar-refractivity contribution >= 4 is 39.8 Å². The van der Waals surface area contributed by atoms with Crippen LogP contribution in [-0.4, -0.2) is 26.5 Å². The lowest BCUT2D eigenvalue weighted by Crippen LogP contribution is -2.23. The second-order valence-electron chi connectivity index (χ2n) is 5.50. The number of benzene rings is 1. The average Bonchev–Trinajstić information content (AvgIpc) is 3.12. The third kappa shape index (κ3) is 3.47. The van der Waals surface area contributed by atoms with Crippen molar-refractivity contribution in [3.63, 3.8) is 0 Å². The highest BCUT2D eigenvalue weighted by Gasteiger charge is 2.24. The molecule has 3 rings (SSSR count). The van der Waals surface area contributed by atoms with E-state index in [9.17, 15) is 9.59 Å². The molecule has 25 heavy (non-hydrogen) atoms. The van der Waals surface area contributed by atoms with Crippen molar-refractivity contribution in [1.82, 2.24) is 14.8 Å². The van der Waals surface area contributed by atoms with E-state index >= 15 is 0 Å². The van der Waals surface area contributed by atoms with Gasteiger partial charge in [0, 0.05) is 28.7 Å². The van der Waals surface area contributed by atoms with Crippen LogP contribution < -0.4 is 5.32 Å². The highest BCUT2D eigenvalue weighted by atomic mass is 35.5. The maximum atomic E-state index is 12.4. The number of anilines is 1. The molecule has 2 aromatic heterocycles. The number of aryl methyl sites for hydroxylation is 2. The molecule has 1 aromatic carbocycles. The van der Waals surface area contributed by atoms with E-state index in [1.165, 1.54) is 11.3 Å². The van der Waals surface area contributed by atoms with E-state index in [1.807, 2.05) is 17.5 Å². The molecule has 128 valence electrons. The van der Waals surface area contributed by atoms with Crippen LogP contribution in [0.25, 0.3) is 11.3 Å². The van der Waals surface area contributed by atoms with E-state index < -0.39 is 11.7 Å². The Labute approximate surface area is 153 Å². The lowest BCUT2D eigenvalue weighted by atomic mass is 10.1. The highest BCUT2D eigenvalue weighted by molar-refractivity contribution is 7.14. The van der Waals surface area contributed by atoms with Crippen LogP contribution >= 0.6 is 22.9 Å². The number of nitrogens with one attached hydrogen (secondary N) is 1. The molecule has 1 amide bonds. The SMILES string of the molecule is Cc1nn(C)c(C)c1C(=O)C(=O)Nc1nc(-c2ccc(Cl)cc2)cs1. The first-order valence-electron chi connectivity index (χ1n) is 7.44. The van der Waals surface area contributed by atoms with Gasteiger partial charge in [0.25, 0.3) is 11.7 Å². The minimum atomic E-state index is -0.726. The summed E-state index contributed by atoms with van der Waals surface area (Å²) in [5.74, 6) is -1.34. The van der Waals surface area contributed by atoms with Crippen LogP contribution in [0.4, 0.5) is 5.13 Å². The third-order valence-corrected chi connectivity index (χ3v) is 4.82. The van der Waals surface area contributed by atoms with Crippen molar-refractivity contribution in [3.05, 3.63) is 51.6 Å². The number of amides is 1. The molecule has 0 aliphatic carbocycles. The monoisotopic (exact) mass is 374 g/mol. The Morgan fingerprint density at radius 1 is 1.20 bits per heavy atom. The zero-order valence-electron chi connectivity index (χ0n) is 13.8. The number of thiazole rings is 1. The summed E-state index contributed by atoms with van der Waals surface area (Å²) in [5.41, 5.74) is 3.10. The second-order valence-corrected chi connectivity index (χ2v) is 6.79. The van der Waals surface area contributed by atoms with E-state index in [0.717, 1.165) is 5.56 Å². The first-order valence-corrected chi connectivity index (χ1v) is 8.70. The Hall–Kier alpha value is -2.51. The van der Waals surface area contributed by atoms with E-state index in [2.05, 4.69) is 15.4 Å². The number of rotatable bonds is 4. The summed E-state index contributed by atoms with van der Waals surface area (Å²) in [6.07, 6.45) is 0. The zero-order valence-corrected chi connectivity index (χ0v) is 15.4. The predicted molar refractivity (Wildman–Crippen MR) is 98.2 cm³/mol. The van der Waals surface area contributed by atoms with Gasteiger partial charge >= 0.3 is 0 Å². The van der Waals surface area contributed by atoms with Crippen LogP contribution in [0.3, 0.4) is 0 Å². The quantitative estimate of drug-likeness (QED) is 0.558. The minimum absolute atomic E-state index is 0.328. The first kappa shape index (κ1) is 17.3. The fourth-order valence-electron chi connectivity index (χ4n) is 2.45. The maximum absolute atomic E-state index is 12.4. The molecule has 0 aliphatic heterocycles. The summed E-state index contributed by atoms with van der Waals surface area (Å²) in [6.45, 7) is 3.46. The minimum Gasteiger partial charge on any atom is -0.295 e. The molecule has 0 radical (unpaired) electrons. The smallest absolute Gasteiger partial charge is 0.295 e.